The Morgan fingerprint density at radius 1 is 1.04 bits per heavy atom. The molecule has 2 rings (SSSR count). The third-order valence-electron chi connectivity index (χ3n) is 3.56. The minimum absolute atomic E-state index is 0.358. The zero-order valence-electron chi connectivity index (χ0n) is 13.6. The van der Waals surface area contributed by atoms with Gasteiger partial charge >= 0.3 is 6.18 Å². The summed E-state index contributed by atoms with van der Waals surface area (Å²) in [5.41, 5.74) is 0.977. The average molecular weight is 332 g/mol. The summed E-state index contributed by atoms with van der Waals surface area (Å²) in [6, 6.07) is 11.3. The van der Waals surface area contributed by atoms with Crippen LogP contribution >= 0.6 is 0 Å². The number of benzene rings is 2. The summed E-state index contributed by atoms with van der Waals surface area (Å²) in [6.45, 7) is 1.88. The minimum Gasteiger partial charge on any atom is -0.496 e. The number of halogens is 3. The van der Waals surface area contributed by atoms with Gasteiger partial charge in [-0.2, -0.15) is 13.2 Å². The summed E-state index contributed by atoms with van der Waals surface area (Å²) in [4.78, 5) is 0. The monoisotopic (exact) mass is 332 g/mol. The van der Waals surface area contributed by atoms with Gasteiger partial charge in [-0.3, -0.25) is 0 Å². The van der Waals surface area contributed by atoms with Crippen molar-refractivity contribution in [3.8, 4) is 16.9 Å². The van der Waals surface area contributed by atoms with E-state index in [-0.39, 0.29) is 0 Å². The van der Waals surface area contributed by atoms with Gasteiger partial charge in [-0.15, -0.1) is 0 Å². The summed E-state index contributed by atoms with van der Waals surface area (Å²) >= 11 is 0. The molecule has 0 aromatic heterocycles. The molecular formula is C20H19F3O. The lowest BCUT2D eigenvalue weighted by Crippen LogP contribution is -2.07. The van der Waals surface area contributed by atoms with E-state index in [0.717, 1.165) is 12.1 Å². The van der Waals surface area contributed by atoms with Crippen LogP contribution < -0.4 is 4.74 Å². The fourth-order valence-corrected chi connectivity index (χ4v) is 2.46. The molecule has 2 aromatic carbocycles. The van der Waals surface area contributed by atoms with Crippen molar-refractivity contribution in [3.05, 3.63) is 77.9 Å². The maximum atomic E-state index is 13.3. The molecule has 0 bridgehead atoms. The first kappa shape index (κ1) is 17.9. The van der Waals surface area contributed by atoms with E-state index in [9.17, 15) is 13.2 Å². The van der Waals surface area contributed by atoms with Crippen LogP contribution in [-0.2, 0) is 12.6 Å². The Labute approximate surface area is 140 Å². The molecule has 0 spiro atoms. The lowest BCUT2D eigenvalue weighted by atomic mass is 9.96. The molecule has 126 valence electrons. The Morgan fingerprint density at radius 3 is 2.33 bits per heavy atom. The second-order valence-electron chi connectivity index (χ2n) is 5.24. The van der Waals surface area contributed by atoms with Crippen LogP contribution in [0.5, 0.6) is 5.75 Å². The third kappa shape index (κ3) is 4.28. The molecule has 0 fully saturated rings. The highest BCUT2D eigenvalue weighted by atomic mass is 19.4. The summed E-state index contributed by atoms with van der Waals surface area (Å²) in [5.74, 6) is 0.472. The molecule has 24 heavy (non-hydrogen) atoms. The fourth-order valence-electron chi connectivity index (χ4n) is 2.46. The maximum absolute atomic E-state index is 13.3. The summed E-state index contributed by atoms with van der Waals surface area (Å²) in [6.07, 6.45) is 3.26. The van der Waals surface area contributed by atoms with Crippen LogP contribution in [0, 0.1) is 0 Å². The standard InChI is InChI=1S/C20H19F3O/c1-3-4-5-7-12-16-13-17(20(21,22)23)14-18(19(16)24-2)15-10-8-6-9-11-15/h3-11,13-14H,12H2,1-2H3/b4-3-,7-5-. The van der Waals surface area contributed by atoms with E-state index in [4.69, 9.17) is 4.74 Å². The van der Waals surface area contributed by atoms with Gasteiger partial charge in [0.25, 0.3) is 0 Å². The van der Waals surface area contributed by atoms with Gasteiger partial charge in [0.2, 0.25) is 0 Å². The molecule has 0 amide bonds. The van der Waals surface area contributed by atoms with Crippen molar-refractivity contribution in [2.75, 3.05) is 7.11 Å². The van der Waals surface area contributed by atoms with Gasteiger partial charge in [0.15, 0.2) is 0 Å². The van der Waals surface area contributed by atoms with Crippen molar-refractivity contribution >= 4 is 0 Å². The Balaban J connectivity index is 2.60. The maximum Gasteiger partial charge on any atom is 0.416 e. The molecule has 0 aliphatic carbocycles. The zero-order chi connectivity index (χ0) is 17.6. The van der Waals surface area contributed by atoms with Gasteiger partial charge in [-0.05, 0) is 36.6 Å². The Kier molecular flexibility index (Phi) is 5.85. The molecule has 4 heteroatoms. The molecule has 0 aliphatic heterocycles. The summed E-state index contributed by atoms with van der Waals surface area (Å²) in [7, 11) is 1.48. The molecular weight excluding hydrogens is 313 g/mol. The Morgan fingerprint density at radius 2 is 1.75 bits per heavy atom. The molecule has 1 nitrogen and oxygen atoms in total. The van der Waals surface area contributed by atoms with Crippen LogP contribution in [-0.4, -0.2) is 7.11 Å². The molecule has 0 heterocycles. The average Bonchev–Trinajstić information content (AvgIpc) is 2.58. The molecule has 0 saturated carbocycles. The van der Waals surface area contributed by atoms with Crippen molar-refractivity contribution < 1.29 is 17.9 Å². The third-order valence-corrected chi connectivity index (χ3v) is 3.56. The summed E-state index contributed by atoms with van der Waals surface area (Å²) in [5, 5.41) is 0. The number of hydrogen-bond donors (Lipinski definition) is 0. The Bertz CT molecular complexity index is 729. The molecule has 0 aliphatic rings. The van der Waals surface area contributed by atoms with Crippen LogP contribution in [0.3, 0.4) is 0 Å². The van der Waals surface area contributed by atoms with Crippen LogP contribution in [0.1, 0.15) is 18.1 Å². The lowest BCUT2D eigenvalue weighted by molar-refractivity contribution is -0.137. The van der Waals surface area contributed by atoms with Crippen LogP contribution in [0.15, 0.2) is 66.8 Å². The second kappa shape index (κ2) is 7.86. The van der Waals surface area contributed by atoms with E-state index < -0.39 is 11.7 Å². The highest BCUT2D eigenvalue weighted by Crippen LogP contribution is 2.40. The number of methoxy groups -OCH3 is 1. The fraction of sp³-hybridized carbons (Fsp3) is 0.200. The lowest BCUT2D eigenvalue weighted by Gasteiger charge is -2.17. The number of rotatable bonds is 5. The predicted molar refractivity (Wildman–Crippen MR) is 91.1 cm³/mol. The van der Waals surface area contributed by atoms with Crippen LogP contribution in [0.2, 0.25) is 0 Å². The number of hydrogen-bond acceptors (Lipinski definition) is 1. The first-order valence-electron chi connectivity index (χ1n) is 7.58. The predicted octanol–water partition coefficient (Wildman–Crippen LogP) is 6.06. The largest absolute Gasteiger partial charge is 0.496 e. The second-order valence-corrected chi connectivity index (χ2v) is 5.24. The molecule has 0 atom stereocenters. The summed E-state index contributed by atoms with van der Waals surface area (Å²) < 4.78 is 45.3. The molecule has 2 aromatic rings. The van der Waals surface area contributed by atoms with Crippen molar-refractivity contribution in [2.24, 2.45) is 0 Å². The smallest absolute Gasteiger partial charge is 0.416 e. The van der Waals surface area contributed by atoms with Gasteiger partial charge in [-0.1, -0.05) is 54.6 Å². The van der Waals surface area contributed by atoms with Gasteiger partial charge in [0.1, 0.15) is 5.75 Å². The van der Waals surface area contributed by atoms with Crippen molar-refractivity contribution in [1.82, 2.24) is 0 Å². The zero-order valence-corrected chi connectivity index (χ0v) is 13.6. The van der Waals surface area contributed by atoms with E-state index in [1.807, 2.05) is 37.3 Å². The van der Waals surface area contributed by atoms with Crippen LogP contribution in [0.4, 0.5) is 13.2 Å². The van der Waals surface area contributed by atoms with Crippen molar-refractivity contribution in [1.29, 1.82) is 0 Å². The highest BCUT2D eigenvalue weighted by Gasteiger charge is 2.32. The minimum atomic E-state index is -4.41. The first-order valence-corrected chi connectivity index (χ1v) is 7.58. The Hall–Kier alpha value is -2.49. The molecule has 0 N–H and O–H groups in total. The van der Waals surface area contributed by atoms with E-state index in [1.165, 1.54) is 7.11 Å². The van der Waals surface area contributed by atoms with Gasteiger partial charge in [-0.25, -0.2) is 0 Å². The molecule has 0 unspecified atom stereocenters. The number of alkyl halides is 3. The van der Waals surface area contributed by atoms with Gasteiger partial charge in [0, 0.05) is 5.56 Å². The van der Waals surface area contributed by atoms with E-state index in [0.29, 0.717) is 28.9 Å². The number of allylic oxidation sites excluding steroid dienone is 4. The SMILES string of the molecule is C/C=C\C=C/Cc1cc(C(F)(F)F)cc(-c2ccccc2)c1OC. The topological polar surface area (TPSA) is 9.23 Å². The van der Waals surface area contributed by atoms with Crippen molar-refractivity contribution in [2.45, 2.75) is 19.5 Å². The normalized spacial score (nSPS) is 12.2. The van der Waals surface area contributed by atoms with Crippen molar-refractivity contribution in [3.63, 3.8) is 0 Å². The quantitative estimate of drug-likeness (QED) is 0.605. The number of ether oxygens (including phenoxy) is 1. The molecule has 0 saturated heterocycles. The van der Waals surface area contributed by atoms with Gasteiger partial charge in [0.05, 0.1) is 12.7 Å². The van der Waals surface area contributed by atoms with E-state index >= 15 is 0 Å². The highest BCUT2D eigenvalue weighted by molar-refractivity contribution is 5.73. The van der Waals surface area contributed by atoms with E-state index in [1.54, 1.807) is 24.3 Å². The molecule has 0 radical (unpaired) electrons. The van der Waals surface area contributed by atoms with E-state index in [2.05, 4.69) is 0 Å². The van der Waals surface area contributed by atoms with Gasteiger partial charge < -0.3 is 4.74 Å². The first-order chi connectivity index (χ1) is 11.5. The van der Waals surface area contributed by atoms with Crippen LogP contribution in [0.25, 0.3) is 11.1 Å².